The Bertz CT molecular complexity index is 562. The average molecular weight is 312 g/mol. The van der Waals surface area contributed by atoms with E-state index in [1.54, 1.807) is 11.3 Å². The summed E-state index contributed by atoms with van der Waals surface area (Å²) in [5, 5.41) is 4.42. The second-order valence-electron chi connectivity index (χ2n) is 4.88. The van der Waals surface area contributed by atoms with Crippen molar-refractivity contribution >= 4 is 34.5 Å². The molecule has 3 rings (SSSR count). The second-order valence-corrected chi connectivity index (χ2v) is 7.09. The molecule has 4 heteroatoms. The molecule has 1 aromatic heterocycles. The SMILES string of the molecule is Clc1ccc(CNC2CCCc3sc(Cl)cc32)cc1. The van der Waals surface area contributed by atoms with E-state index >= 15 is 0 Å². The highest BCUT2D eigenvalue weighted by atomic mass is 35.5. The summed E-state index contributed by atoms with van der Waals surface area (Å²) in [6.45, 7) is 0.870. The molecule has 1 unspecified atom stereocenters. The van der Waals surface area contributed by atoms with Crippen molar-refractivity contribution in [2.24, 2.45) is 0 Å². The van der Waals surface area contributed by atoms with Crippen molar-refractivity contribution < 1.29 is 0 Å². The first-order valence-corrected chi connectivity index (χ1v) is 8.05. The number of benzene rings is 1. The Balaban J connectivity index is 1.69. The lowest BCUT2D eigenvalue weighted by molar-refractivity contribution is 0.463. The van der Waals surface area contributed by atoms with Crippen LogP contribution in [-0.2, 0) is 13.0 Å². The zero-order valence-corrected chi connectivity index (χ0v) is 12.8. The maximum absolute atomic E-state index is 6.13. The highest BCUT2D eigenvalue weighted by Crippen LogP contribution is 2.37. The van der Waals surface area contributed by atoms with E-state index < -0.39 is 0 Å². The Kier molecular flexibility index (Phi) is 4.13. The molecule has 0 amide bonds. The standard InChI is InChI=1S/C15H15Cl2NS/c16-11-6-4-10(5-7-11)9-18-13-2-1-3-14-12(13)8-15(17)19-14/h4-8,13,18H,1-3,9H2. The van der Waals surface area contributed by atoms with Gasteiger partial charge in [-0.3, -0.25) is 0 Å². The van der Waals surface area contributed by atoms with Crippen molar-refractivity contribution in [3.63, 3.8) is 0 Å². The third kappa shape index (κ3) is 3.14. The first-order chi connectivity index (χ1) is 9.22. The first kappa shape index (κ1) is 13.4. The molecule has 0 aliphatic heterocycles. The van der Waals surface area contributed by atoms with E-state index in [0.29, 0.717) is 6.04 Å². The molecule has 0 radical (unpaired) electrons. The third-order valence-electron chi connectivity index (χ3n) is 3.55. The fourth-order valence-electron chi connectivity index (χ4n) is 2.58. The molecule has 0 saturated heterocycles. The predicted molar refractivity (Wildman–Crippen MR) is 83.3 cm³/mol. The summed E-state index contributed by atoms with van der Waals surface area (Å²) in [6.07, 6.45) is 3.60. The van der Waals surface area contributed by atoms with Crippen LogP contribution in [0.4, 0.5) is 0 Å². The van der Waals surface area contributed by atoms with Gasteiger partial charge in [-0.2, -0.15) is 0 Å². The summed E-state index contributed by atoms with van der Waals surface area (Å²) in [5.41, 5.74) is 2.66. The lowest BCUT2D eigenvalue weighted by atomic mass is 9.94. The number of rotatable bonds is 3. The van der Waals surface area contributed by atoms with E-state index in [9.17, 15) is 0 Å². The van der Waals surface area contributed by atoms with Gasteiger partial charge in [0, 0.05) is 22.5 Å². The number of aryl methyl sites for hydroxylation is 1. The normalized spacial score (nSPS) is 18.3. The second kappa shape index (κ2) is 5.84. The molecule has 2 aromatic rings. The maximum atomic E-state index is 6.13. The molecule has 1 heterocycles. The number of hydrogen-bond donors (Lipinski definition) is 1. The fourth-order valence-corrected chi connectivity index (χ4v) is 4.09. The lowest BCUT2D eigenvalue weighted by Gasteiger charge is -2.23. The zero-order chi connectivity index (χ0) is 13.2. The van der Waals surface area contributed by atoms with Gasteiger partial charge in [0.25, 0.3) is 0 Å². The minimum Gasteiger partial charge on any atom is -0.306 e. The quantitative estimate of drug-likeness (QED) is 0.819. The van der Waals surface area contributed by atoms with Gasteiger partial charge in [-0.1, -0.05) is 35.3 Å². The fraction of sp³-hybridized carbons (Fsp3) is 0.333. The topological polar surface area (TPSA) is 12.0 Å². The summed E-state index contributed by atoms with van der Waals surface area (Å²) in [6, 6.07) is 10.6. The molecule has 1 N–H and O–H groups in total. The number of hydrogen-bond acceptors (Lipinski definition) is 2. The van der Waals surface area contributed by atoms with Crippen LogP contribution in [0.25, 0.3) is 0 Å². The molecule has 0 spiro atoms. The summed E-state index contributed by atoms with van der Waals surface area (Å²) >= 11 is 13.7. The van der Waals surface area contributed by atoms with Crippen LogP contribution in [0, 0.1) is 0 Å². The van der Waals surface area contributed by atoms with Crippen LogP contribution in [0.3, 0.4) is 0 Å². The molecular weight excluding hydrogens is 297 g/mol. The van der Waals surface area contributed by atoms with Crippen LogP contribution in [0.15, 0.2) is 30.3 Å². The largest absolute Gasteiger partial charge is 0.306 e. The summed E-state index contributed by atoms with van der Waals surface area (Å²) < 4.78 is 0.908. The molecule has 1 aliphatic carbocycles. The molecule has 100 valence electrons. The van der Waals surface area contributed by atoms with Crippen molar-refractivity contribution in [3.8, 4) is 0 Å². The molecule has 0 fully saturated rings. The minimum absolute atomic E-state index is 0.433. The monoisotopic (exact) mass is 311 g/mol. The van der Waals surface area contributed by atoms with Gasteiger partial charge in [0.05, 0.1) is 4.34 Å². The number of fused-ring (bicyclic) bond motifs is 1. The van der Waals surface area contributed by atoms with Crippen molar-refractivity contribution in [2.75, 3.05) is 0 Å². The van der Waals surface area contributed by atoms with Gasteiger partial charge in [0.1, 0.15) is 0 Å². The minimum atomic E-state index is 0.433. The molecule has 1 nitrogen and oxygen atoms in total. The van der Waals surface area contributed by atoms with Gasteiger partial charge < -0.3 is 5.32 Å². The Hall–Kier alpha value is -0.540. The van der Waals surface area contributed by atoms with Gasteiger partial charge >= 0.3 is 0 Å². The third-order valence-corrected chi connectivity index (χ3v) is 5.14. The summed E-state index contributed by atoms with van der Waals surface area (Å²) in [4.78, 5) is 1.45. The van der Waals surface area contributed by atoms with Crippen LogP contribution < -0.4 is 5.32 Å². The summed E-state index contributed by atoms with van der Waals surface area (Å²) in [7, 11) is 0. The Morgan fingerprint density at radius 1 is 1.21 bits per heavy atom. The van der Waals surface area contributed by atoms with E-state index in [4.69, 9.17) is 23.2 Å². The van der Waals surface area contributed by atoms with Crippen LogP contribution in [-0.4, -0.2) is 0 Å². The smallest absolute Gasteiger partial charge is 0.0934 e. The maximum Gasteiger partial charge on any atom is 0.0934 e. The van der Waals surface area contributed by atoms with Crippen molar-refractivity contribution in [1.82, 2.24) is 5.32 Å². The van der Waals surface area contributed by atoms with Crippen molar-refractivity contribution in [2.45, 2.75) is 31.8 Å². The number of nitrogens with one attached hydrogen (secondary N) is 1. The number of halogens is 2. The van der Waals surface area contributed by atoms with Gasteiger partial charge in [0.15, 0.2) is 0 Å². The highest BCUT2D eigenvalue weighted by Gasteiger charge is 2.22. The van der Waals surface area contributed by atoms with Gasteiger partial charge in [0.2, 0.25) is 0 Å². The first-order valence-electron chi connectivity index (χ1n) is 6.48. The van der Waals surface area contributed by atoms with Crippen LogP contribution in [0.5, 0.6) is 0 Å². The van der Waals surface area contributed by atoms with Gasteiger partial charge in [-0.05, 0) is 48.6 Å². The molecule has 1 aromatic carbocycles. The van der Waals surface area contributed by atoms with Gasteiger partial charge in [-0.25, -0.2) is 0 Å². The van der Waals surface area contributed by atoms with Crippen LogP contribution >= 0.6 is 34.5 Å². The van der Waals surface area contributed by atoms with Crippen LogP contribution in [0.1, 0.15) is 34.9 Å². The summed E-state index contributed by atoms with van der Waals surface area (Å²) in [5.74, 6) is 0. The van der Waals surface area contributed by atoms with E-state index in [1.165, 1.54) is 35.3 Å². The van der Waals surface area contributed by atoms with Gasteiger partial charge in [-0.15, -0.1) is 11.3 Å². The number of thiophene rings is 1. The van der Waals surface area contributed by atoms with E-state index in [2.05, 4.69) is 23.5 Å². The molecule has 0 bridgehead atoms. The zero-order valence-electron chi connectivity index (χ0n) is 10.5. The van der Waals surface area contributed by atoms with E-state index in [1.807, 2.05) is 12.1 Å². The Morgan fingerprint density at radius 2 is 2.00 bits per heavy atom. The molecular formula is C15H15Cl2NS. The molecule has 19 heavy (non-hydrogen) atoms. The highest BCUT2D eigenvalue weighted by molar-refractivity contribution is 7.16. The average Bonchev–Trinajstić information content (AvgIpc) is 2.79. The lowest BCUT2D eigenvalue weighted by Crippen LogP contribution is -2.23. The predicted octanol–water partition coefficient (Wildman–Crippen LogP) is 5.22. The van der Waals surface area contributed by atoms with Crippen molar-refractivity contribution in [3.05, 3.63) is 55.7 Å². The van der Waals surface area contributed by atoms with E-state index in [-0.39, 0.29) is 0 Å². The Labute approximate surface area is 127 Å². The molecule has 1 aliphatic rings. The van der Waals surface area contributed by atoms with E-state index in [0.717, 1.165) is 15.9 Å². The van der Waals surface area contributed by atoms with Crippen LogP contribution in [0.2, 0.25) is 9.36 Å². The molecule has 1 atom stereocenters. The molecule has 0 saturated carbocycles. The Morgan fingerprint density at radius 3 is 2.79 bits per heavy atom. The van der Waals surface area contributed by atoms with Crippen molar-refractivity contribution in [1.29, 1.82) is 0 Å².